The predicted molar refractivity (Wildman–Crippen MR) is 94.9 cm³/mol. The lowest BCUT2D eigenvalue weighted by molar-refractivity contribution is 0.595. The van der Waals surface area contributed by atoms with Crippen LogP contribution in [0.4, 0.5) is 0 Å². The van der Waals surface area contributed by atoms with E-state index in [1.807, 2.05) is 0 Å². The first-order valence-electron chi connectivity index (χ1n) is 7.59. The van der Waals surface area contributed by atoms with Crippen LogP contribution in [0.1, 0.15) is 47.2 Å². The zero-order valence-electron chi connectivity index (χ0n) is 13.3. The van der Waals surface area contributed by atoms with Crippen molar-refractivity contribution < 1.29 is 0 Å². The first kappa shape index (κ1) is 16.3. The van der Waals surface area contributed by atoms with Gasteiger partial charge in [-0.05, 0) is 62.1 Å². The minimum Gasteiger partial charge on any atom is -0.306 e. The average molecular weight is 346 g/mol. The zero-order chi connectivity index (χ0) is 15.4. The lowest BCUT2D eigenvalue weighted by Crippen LogP contribution is -2.24. The Kier molecular flexibility index (Phi) is 5.60. The van der Waals surface area contributed by atoms with E-state index in [0.29, 0.717) is 0 Å². The number of aryl methyl sites for hydroxylation is 3. The Hall–Kier alpha value is -1.12. The van der Waals surface area contributed by atoms with E-state index >= 15 is 0 Å². The summed E-state index contributed by atoms with van der Waals surface area (Å²) < 4.78 is 1.18. The molecule has 0 aliphatic rings. The number of nitrogens with one attached hydrogen (secondary N) is 1. The molecular formula is C19H24BrN. The normalized spacial score (nSPS) is 12.4. The van der Waals surface area contributed by atoms with Crippen molar-refractivity contribution >= 4 is 15.9 Å². The lowest BCUT2D eigenvalue weighted by Gasteiger charge is -2.23. The SMILES string of the molecule is CCCNC(c1cccc(C)c1)c1cc(C)c(Br)cc1C. The maximum Gasteiger partial charge on any atom is 0.0579 e. The van der Waals surface area contributed by atoms with Crippen molar-refractivity contribution in [2.45, 2.75) is 40.2 Å². The van der Waals surface area contributed by atoms with Crippen molar-refractivity contribution in [1.29, 1.82) is 0 Å². The number of hydrogen-bond acceptors (Lipinski definition) is 1. The summed E-state index contributed by atoms with van der Waals surface area (Å²) in [5, 5.41) is 3.70. The van der Waals surface area contributed by atoms with E-state index in [9.17, 15) is 0 Å². The van der Waals surface area contributed by atoms with Crippen LogP contribution in [0, 0.1) is 20.8 Å². The van der Waals surface area contributed by atoms with Gasteiger partial charge in [0.25, 0.3) is 0 Å². The quantitative estimate of drug-likeness (QED) is 0.758. The van der Waals surface area contributed by atoms with Gasteiger partial charge in [-0.1, -0.05) is 58.7 Å². The molecule has 0 heterocycles. The summed E-state index contributed by atoms with van der Waals surface area (Å²) in [7, 11) is 0. The summed E-state index contributed by atoms with van der Waals surface area (Å²) in [4.78, 5) is 0. The number of benzene rings is 2. The van der Waals surface area contributed by atoms with Crippen LogP contribution in [-0.4, -0.2) is 6.54 Å². The molecule has 0 aromatic heterocycles. The Balaban J connectivity index is 2.47. The first-order valence-corrected chi connectivity index (χ1v) is 8.38. The van der Waals surface area contributed by atoms with Crippen LogP contribution in [0.3, 0.4) is 0 Å². The van der Waals surface area contributed by atoms with Crippen molar-refractivity contribution in [2.24, 2.45) is 0 Å². The third-order valence-electron chi connectivity index (χ3n) is 3.83. The molecule has 1 atom stereocenters. The van der Waals surface area contributed by atoms with Crippen LogP contribution in [0.15, 0.2) is 40.9 Å². The smallest absolute Gasteiger partial charge is 0.0579 e. The minimum atomic E-state index is 0.261. The van der Waals surface area contributed by atoms with Gasteiger partial charge < -0.3 is 5.32 Å². The van der Waals surface area contributed by atoms with Crippen LogP contribution in [-0.2, 0) is 0 Å². The van der Waals surface area contributed by atoms with Crippen molar-refractivity contribution in [3.05, 3.63) is 68.7 Å². The van der Waals surface area contributed by atoms with E-state index in [1.54, 1.807) is 0 Å². The van der Waals surface area contributed by atoms with E-state index in [1.165, 1.54) is 32.3 Å². The molecule has 21 heavy (non-hydrogen) atoms. The molecule has 1 N–H and O–H groups in total. The molecule has 0 amide bonds. The standard InChI is InChI=1S/C19H24BrN/c1-5-9-21-19(16-8-6-7-13(2)10-16)17-11-15(4)18(20)12-14(17)3/h6-8,10-12,19,21H,5,9H2,1-4H3. The highest BCUT2D eigenvalue weighted by molar-refractivity contribution is 9.10. The van der Waals surface area contributed by atoms with Gasteiger partial charge in [0, 0.05) is 4.47 Å². The van der Waals surface area contributed by atoms with Gasteiger partial charge in [0.05, 0.1) is 6.04 Å². The molecule has 0 aliphatic heterocycles. The van der Waals surface area contributed by atoms with Crippen LogP contribution in [0.25, 0.3) is 0 Å². The summed E-state index contributed by atoms with van der Waals surface area (Å²) in [5.74, 6) is 0. The largest absolute Gasteiger partial charge is 0.306 e. The molecule has 1 nitrogen and oxygen atoms in total. The topological polar surface area (TPSA) is 12.0 Å². The summed E-state index contributed by atoms with van der Waals surface area (Å²) in [6, 6.07) is 13.6. The lowest BCUT2D eigenvalue weighted by atomic mass is 9.92. The summed E-state index contributed by atoms with van der Waals surface area (Å²) >= 11 is 3.63. The van der Waals surface area contributed by atoms with Gasteiger partial charge in [0.15, 0.2) is 0 Å². The number of halogens is 1. The maximum atomic E-state index is 3.70. The van der Waals surface area contributed by atoms with Gasteiger partial charge in [0.2, 0.25) is 0 Å². The molecular weight excluding hydrogens is 322 g/mol. The molecule has 2 aromatic carbocycles. The van der Waals surface area contributed by atoms with Crippen LogP contribution in [0.5, 0.6) is 0 Å². The van der Waals surface area contributed by atoms with Crippen molar-refractivity contribution in [3.63, 3.8) is 0 Å². The van der Waals surface area contributed by atoms with Gasteiger partial charge >= 0.3 is 0 Å². The van der Waals surface area contributed by atoms with Gasteiger partial charge in [-0.2, -0.15) is 0 Å². The molecule has 0 saturated carbocycles. The average Bonchev–Trinajstić information content (AvgIpc) is 2.44. The van der Waals surface area contributed by atoms with Gasteiger partial charge in [-0.25, -0.2) is 0 Å². The van der Waals surface area contributed by atoms with Crippen molar-refractivity contribution in [3.8, 4) is 0 Å². The Labute approximate surface area is 136 Å². The Bertz CT molecular complexity index is 619. The van der Waals surface area contributed by atoms with E-state index in [4.69, 9.17) is 0 Å². The number of rotatable bonds is 5. The molecule has 112 valence electrons. The highest BCUT2D eigenvalue weighted by Gasteiger charge is 2.16. The first-order chi connectivity index (χ1) is 10.0. The highest BCUT2D eigenvalue weighted by Crippen LogP contribution is 2.29. The third-order valence-corrected chi connectivity index (χ3v) is 4.69. The molecule has 2 rings (SSSR count). The fourth-order valence-corrected chi connectivity index (χ4v) is 3.12. The monoisotopic (exact) mass is 345 g/mol. The van der Waals surface area contributed by atoms with Gasteiger partial charge in [0.1, 0.15) is 0 Å². The van der Waals surface area contributed by atoms with Gasteiger partial charge in [-0.15, -0.1) is 0 Å². The molecule has 0 bridgehead atoms. The molecule has 0 radical (unpaired) electrons. The molecule has 1 unspecified atom stereocenters. The molecule has 0 saturated heterocycles. The van der Waals surface area contributed by atoms with Gasteiger partial charge in [-0.3, -0.25) is 0 Å². The summed E-state index contributed by atoms with van der Waals surface area (Å²) in [6.45, 7) is 9.73. The summed E-state index contributed by atoms with van der Waals surface area (Å²) in [5.41, 5.74) is 6.62. The molecule has 2 heteroatoms. The van der Waals surface area contributed by atoms with Crippen molar-refractivity contribution in [2.75, 3.05) is 6.54 Å². The molecule has 0 fully saturated rings. The second-order valence-corrected chi connectivity index (χ2v) is 6.61. The zero-order valence-corrected chi connectivity index (χ0v) is 14.9. The van der Waals surface area contributed by atoms with E-state index < -0.39 is 0 Å². The fraction of sp³-hybridized carbons (Fsp3) is 0.368. The Morgan fingerprint density at radius 1 is 1.05 bits per heavy atom. The Morgan fingerprint density at radius 3 is 2.48 bits per heavy atom. The predicted octanol–water partition coefficient (Wildman–Crippen LogP) is 5.46. The van der Waals surface area contributed by atoms with E-state index in [2.05, 4.69) is 85.3 Å². The van der Waals surface area contributed by atoms with E-state index in [0.717, 1.165) is 13.0 Å². The van der Waals surface area contributed by atoms with Crippen molar-refractivity contribution in [1.82, 2.24) is 5.32 Å². The maximum absolute atomic E-state index is 3.70. The highest BCUT2D eigenvalue weighted by atomic mass is 79.9. The molecule has 0 aliphatic carbocycles. The minimum absolute atomic E-state index is 0.261. The Morgan fingerprint density at radius 2 is 1.81 bits per heavy atom. The summed E-state index contributed by atoms with van der Waals surface area (Å²) in [6.07, 6.45) is 1.14. The fourth-order valence-electron chi connectivity index (χ4n) is 2.66. The molecule has 2 aromatic rings. The second kappa shape index (κ2) is 7.24. The number of hydrogen-bond donors (Lipinski definition) is 1. The van der Waals surface area contributed by atoms with Crippen LogP contribution >= 0.6 is 15.9 Å². The second-order valence-electron chi connectivity index (χ2n) is 5.76. The van der Waals surface area contributed by atoms with Crippen LogP contribution in [0.2, 0.25) is 0 Å². The molecule has 0 spiro atoms. The van der Waals surface area contributed by atoms with Crippen LogP contribution < -0.4 is 5.32 Å². The third kappa shape index (κ3) is 3.96. The van der Waals surface area contributed by atoms with E-state index in [-0.39, 0.29) is 6.04 Å².